The summed E-state index contributed by atoms with van der Waals surface area (Å²) in [5.74, 6) is 0.982. The molecule has 102 valence electrons. The predicted molar refractivity (Wildman–Crippen MR) is 82.6 cm³/mol. The van der Waals surface area contributed by atoms with Crippen molar-refractivity contribution in [2.75, 3.05) is 6.61 Å². The maximum Gasteiger partial charge on any atom is 0.193 e. The Morgan fingerprint density at radius 3 is 2.90 bits per heavy atom. The highest BCUT2D eigenvalue weighted by Crippen LogP contribution is 2.27. The monoisotopic (exact) mass is 330 g/mol. The van der Waals surface area contributed by atoms with Crippen LogP contribution in [0.4, 0.5) is 0 Å². The van der Waals surface area contributed by atoms with Crippen LogP contribution >= 0.6 is 15.9 Å². The highest BCUT2D eigenvalue weighted by atomic mass is 79.9. The fraction of sp³-hybridized carbons (Fsp3) is 0.235. The molecule has 0 atom stereocenters. The summed E-state index contributed by atoms with van der Waals surface area (Å²) in [6.07, 6.45) is 1.99. The Balaban J connectivity index is 2.00. The van der Waals surface area contributed by atoms with Crippen molar-refractivity contribution in [3.8, 4) is 5.75 Å². The van der Waals surface area contributed by atoms with Gasteiger partial charge in [0.1, 0.15) is 5.75 Å². The molecule has 2 aromatic carbocycles. The molecule has 1 aliphatic heterocycles. The van der Waals surface area contributed by atoms with E-state index in [2.05, 4.69) is 15.9 Å². The molecule has 0 saturated carbocycles. The van der Waals surface area contributed by atoms with E-state index in [9.17, 15) is 4.79 Å². The molecule has 0 N–H and O–H groups in total. The lowest BCUT2D eigenvalue weighted by Crippen LogP contribution is -2.10. The molecule has 0 bridgehead atoms. The second-order valence-corrected chi connectivity index (χ2v) is 5.98. The zero-order valence-electron chi connectivity index (χ0n) is 11.3. The number of carbonyl (C=O) groups excluding carboxylic acids is 1. The van der Waals surface area contributed by atoms with E-state index in [-0.39, 0.29) is 5.78 Å². The van der Waals surface area contributed by atoms with Gasteiger partial charge in [0.05, 0.1) is 6.61 Å². The molecule has 1 heterocycles. The summed E-state index contributed by atoms with van der Waals surface area (Å²) >= 11 is 3.43. The molecular formula is C17H15BrO2. The van der Waals surface area contributed by atoms with Crippen LogP contribution in [0.2, 0.25) is 0 Å². The molecule has 0 saturated heterocycles. The van der Waals surface area contributed by atoms with Crippen LogP contribution in [0.5, 0.6) is 5.75 Å². The number of halogens is 1. The van der Waals surface area contributed by atoms with E-state index in [1.165, 1.54) is 0 Å². The van der Waals surface area contributed by atoms with Crippen LogP contribution in [-0.4, -0.2) is 12.4 Å². The summed E-state index contributed by atoms with van der Waals surface area (Å²) in [7, 11) is 0. The number of ether oxygens (including phenoxy) is 1. The Bertz CT molecular complexity index is 677. The Labute approximate surface area is 126 Å². The smallest absolute Gasteiger partial charge is 0.193 e. The van der Waals surface area contributed by atoms with Crippen molar-refractivity contribution in [3.05, 3.63) is 63.1 Å². The molecule has 2 aromatic rings. The van der Waals surface area contributed by atoms with Gasteiger partial charge in [-0.15, -0.1) is 0 Å². The molecule has 0 aliphatic carbocycles. The first kappa shape index (κ1) is 13.4. The lowest BCUT2D eigenvalue weighted by Gasteiger charge is -2.17. The Kier molecular flexibility index (Phi) is 3.62. The molecule has 0 aromatic heterocycles. The van der Waals surface area contributed by atoms with E-state index >= 15 is 0 Å². The summed E-state index contributed by atoms with van der Waals surface area (Å²) in [5, 5.41) is 0. The van der Waals surface area contributed by atoms with Crippen molar-refractivity contribution in [3.63, 3.8) is 0 Å². The molecule has 3 rings (SSSR count). The maximum absolute atomic E-state index is 12.6. The topological polar surface area (TPSA) is 26.3 Å². The van der Waals surface area contributed by atoms with Crippen LogP contribution < -0.4 is 4.74 Å². The minimum atomic E-state index is 0.0668. The molecule has 0 fully saturated rings. The third-order valence-electron chi connectivity index (χ3n) is 3.61. The van der Waals surface area contributed by atoms with Crippen molar-refractivity contribution in [1.29, 1.82) is 0 Å². The summed E-state index contributed by atoms with van der Waals surface area (Å²) in [6, 6.07) is 11.5. The van der Waals surface area contributed by atoms with Gasteiger partial charge in [-0.25, -0.2) is 0 Å². The Hall–Kier alpha value is -1.61. The van der Waals surface area contributed by atoms with Crippen molar-refractivity contribution >= 4 is 21.7 Å². The molecule has 1 aliphatic rings. The van der Waals surface area contributed by atoms with Gasteiger partial charge >= 0.3 is 0 Å². The van der Waals surface area contributed by atoms with E-state index in [4.69, 9.17) is 4.74 Å². The summed E-state index contributed by atoms with van der Waals surface area (Å²) in [6.45, 7) is 2.73. The van der Waals surface area contributed by atoms with Gasteiger partial charge in [-0.1, -0.05) is 22.0 Å². The van der Waals surface area contributed by atoms with Gasteiger partial charge in [0.2, 0.25) is 0 Å². The quantitative estimate of drug-likeness (QED) is 0.767. The summed E-state index contributed by atoms with van der Waals surface area (Å²) in [5.41, 5.74) is 3.61. The molecule has 20 heavy (non-hydrogen) atoms. The molecule has 3 heteroatoms. The van der Waals surface area contributed by atoms with Crippen LogP contribution in [0.1, 0.15) is 33.5 Å². The molecule has 0 unspecified atom stereocenters. The van der Waals surface area contributed by atoms with Crippen molar-refractivity contribution < 1.29 is 9.53 Å². The molecule has 2 nitrogen and oxygen atoms in total. The first-order chi connectivity index (χ1) is 9.65. The average molecular weight is 331 g/mol. The van der Waals surface area contributed by atoms with E-state index < -0.39 is 0 Å². The third kappa shape index (κ3) is 2.50. The zero-order chi connectivity index (χ0) is 14.1. The number of fused-ring (bicyclic) bond motifs is 1. The van der Waals surface area contributed by atoms with Gasteiger partial charge in [0, 0.05) is 15.6 Å². The Morgan fingerprint density at radius 1 is 1.20 bits per heavy atom. The van der Waals surface area contributed by atoms with E-state index in [0.717, 1.165) is 51.9 Å². The Morgan fingerprint density at radius 2 is 2.05 bits per heavy atom. The fourth-order valence-corrected chi connectivity index (χ4v) is 2.86. The molecule has 0 radical (unpaired) electrons. The molecule has 0 spiro atoms. The number of hydrogen-bond donors (Lipinski definition) is 0. The fourth-order valence-electron chi connectivity index (χ4n) is 2.50. The normalized spacial score (nSPS) is 13.5. The van der Waals surface area contributed by atoms with Crippen LogP contribution in [0, 0.1) is 6.92 Å². The number of rotatable bonds is 2. The number of carbonyl (C=O) groups is 1. The molecular weight excluding hydrogens is 316 g/mol. The van der Waals surface area contributed by atoms with Crippen LogP contribution in [0.15, 0.2) is 40.9 Å². The SMILES string of the molecule is Cc1ccc(Br)cc1C(=O)c1ccc2c(c1)CCCO2. The zero-order valence-corrected chi connectivity index (χ0v) is 12.9. The number of ketones is 1. The third-order valence-corrected chi connectivity index (χ3v) is 4.11. The first-order valence-electron chi connectivity index (χ1n) is 6.72. The van der Waals surface area contributed by atoms with Crippen molar-refractivity contribution in [1.82, 2.24) is 0 Å². The van der Waals surface area contributed by atoms with Gasteiger partial charge in [-0.2, -0.15) is 0 Å². The minimum absolute atomic E-state index is 0.0668. The van der Waals surface area contributed by atoms with E-state index in [1.54, 1.807) is 0 Å². The van der Waals surface area contributed by atoms with Gasteiger partial charge in [-0.3, -0.25) is 4.79 Å². The largest absolute Gasteiger partial charge is 0.493 e. The maximum atomic E-state index is 12.6. The predicted octanol–water partition coefficient (Wildman–Crippen LogP) is 4.31. The first-order valence-corrected chi connectivity index (χ1v) is 7.51. The number of aryl methyl sites for hydroxylation is 2. The lowest BCUT2D eigenvalue weighted by molar-refractivity contribution is 0.103. The van der Waals surface area contributed by atoms with Gasteiger partial charge in [0.25, 0.3) is 0 Å². The second kappa shape index (κ2) is 5.41. The average Bonchev–Trinajstić information content (AvgIpc) is 2.48. The van der Waals surface area contributed by atoms with Crippen molar-refractivity contribution in [2.45, 2.75) is 19.8 Å². The van der Waals surface area contributed by atoms with Gasteiger partial charge in [0.15, 0.2) is 5.78 Å². The van der Waals surface area contributed by atoms with Gasteiger partial charge in [-0.05, 0) is 61.2 Å². The summed E-state index contributed by atoms with van der Waals surface area (Å²) in [4.78, 5) is 12.6. The highest BCUT2D eigenvalue weighted by molar-refractivity contribution is 9.10. The van der Waals surface area contributed by atoms with Gasteiger partial charge < -0.3 is 4.74 Å². The summed E-state index contributed by atoms with van der Waals surface area (Å²) < 4.78 is 6.51. The second-order valence-electron chi connectivity index (χ2n) is 5.06. The van der Waals surface area contributed by atoms with Crippen molar-refractivity contribution in [2.24, 2.45) is 0 Å². The number of benzene rings is 2. The standard InChI is InChI=1S/C17H15BrO2/c1-11-4-6-14(18)10-15(11)17(19)13-5-7-16-12(9-13)3-2-8-20-16/h4-7,9-10H,2-3,8H2,1H3. The van der Waals surface area contributed by atoms with Crippen LogP contribution in [0.3, 0.4) is 0 Å². The van der Waals surface area contributed by atoms with E-state index in [0.29, 0.717) is 0 Å². The van der Waals surface area contributed by atoms with Crippen LogP contribution in [0.25, 0.3) is 0 Å². The molecule has 0 amide bonds. The van der Waals surface area contributed by atoms with Crippen LogP contribution in [-0.2, 0) is 6.42 Å². The highest BCUT2D eigenvalue weighted by Gasteiger charge is 2.16. The number of hydrogen-bond acceptors (Lipinski definition) is 2. The van der Waals surface area contributed by atoms with E-state index in [1.807, 2.05) is 43.3 Å². The lowest BCUT2D eigenvalue weighted by atomic mass is 9.96. The minimum Gasteiger partial charge on any atom is -0.493 e.